The minimum atomic E-state index is -2.78. The first kappa shape index (κ1) is 15.9. The number of benzene rings is 1. The Labute approximate surface area is 189 Å². The van der Waals surface area contributed by atoms with Crippen molar-refractivity contribution in [1.82, 2.24) is 4.90 Å². The fraction of sp³-hybridized carbons (Fsp3) is 0.708. The quantitative estimate of drug-likeness (QED) is 0.675. The minimum absolute atomic E-state index is 0.0484. The zero-order valence-electron chi connectivity index (χ0n) is 24.3. The van der Waals surface area contributed by atoms with E-state index in [-0.39, 0.29) is 35.5 Å². The van der Waals surface area contributed by atoms with E-state index in [0.29, 0.717) is 18.8 Å². The Kier molecular flexibility index (Phi) is 5.08. The number of hydrogen-bond donors (Lipinski definition) is 1. The molecule has 2 aliphatic heterocycles. The number of hydrogen-bond acceptors (Lipinski definition) is 6. The van der Waals surface area contributed by atoms with Gasteiger partial charge in [0, 0.05) is 31.5 Å². The third-order valence-electron chi connectivity index (χ3n) is 6.38. The molecule has 0 bridgehead atoms. The maximum atomic E-state index is 12.8. The molecule has 6 nitrogen and oxygen atoms in total. The molecule has 0 spiro atoms. The number of carbonyl (C=O) groups is 1. The summed E-state index contributed by atoms with van der Waals surface area (Å²) in [6.45, 7) is 9.50. The largest absolute Gasteiger partial charge is 0.493 e. The van der Waals surface area contributed by atoms with Crippen molar-refractivity contribution in [1.29, 1.82) is 0 Å². The van der Waals surface area contributed by atoms with Gasteiger partial charge in [0.05, 0.1) is 22.3 Å². The molecular formula is C24H38N2O4. The molecule has 168 valence electrons. The highest BCUT2D eigenvalue weighted by Crippen LogP contribution is 2.44. The van der Waals surface area contributed by atoms with Crippen LogP contribution >= 0.6 is 0 Å². The third-order valence-corrected chi connectivity index (χ3v) is 6.38. The third kappa shape index (κ3) is 4.75. The fourth-order valence-electron chi connectivity index (χ4n) is 4.72. The second kappa shape index (κ2) is 9.56. The van der Waals surface area contributed by atoms with Crippen molar-refractivity contribution in [2.24, 2.45) is 23.5 Å². The normalized spacial score (nSPS) is 28.7. The summed E-state index contributed by atoms with van der Waals surface area (Å²) in [5, 5.41) is 0. The van der Waals surface area contributed by atoms with Crippen molar-refractivity contribution in [3.05, 3.63) is 23.3 Å². The van der Waals surface area contributed by atoms with Gasteiger partial charge >= 0.3 is 5.97 Å². The van der Waals surface area contributed by atoms with E-state index in [0.717, 1.165) is 30.6 Å². The topological polar surface area (TPSA) is 74.0 Å². The summed E-state index contributed by atoms with van der Waals surface area (Å²) in [7, 11) is -5.54. The number of nitrogens with two attached hydrogens (primary N) is 1. The van der Waals surface area contributed by atoms with E-state index in [1.165, 1.54) is 0 Å². The zero-order chi connectivity index (χ0) is 27.0. The summed E-state index contributed by atoms with van der Waals surface area (Å²) >= 11 is 0. The molecule has 2 aliphatic rings. The first-order valence-electron chi connectivity index (χ1n) is 13.8. The molecule has 1 aromatic rings. The second-order valence-electron chi connectivity index (χ2n) is 9.33. The molecule has 0 saturated carbocycles. The molecule has 6 heteroatoms. The number of esters is 1. The van der Waals surface area contributed by atoms with Crippen LogP contribution in [0.1, 0.15) is 65.9 Å². The first-order chi connectivity index (χ1) is 16.5. The van der Waals surface area contributed by atoms with Crippen molar-refractivity contribution in [3.63, 3.8) is 0 Å². The van der Waals surface area contributed by atoms with Gasteiger partial charge in [-0.3, -0.25) is 9.69 Å². The smallest absolute Gasteiger partial charge is 0.323 e. The van der Waals surface area contributed by atoms with Gasteiger partial charge in [-0.15, -0.1) is 0 Å². The van der Waals surface area contributed by atoms with Crippen LogP contribution in [0.5, 0.6) is 11.5 Å². The van der Waals surface area contributed by atoms with Crippen molar-refractivity contribution < 1.29 is 27.2 Å². The van der Waals surface area contributed by atoms with Gasteiger partial charge in [-0.1, -0.05) is 27.7 Å². The standard InChI is InChI=1S/C24H38N2O4/c1-14(2)9-17-13-26-8-7-16-10-21(28-5)22(29-6)11-18(16)19(26)12-20(17)30-24(27)23(25)15(3)4/h10-11,14-15,17,19-20,23H,7-9,12-13,25H2,1-6H3/t17-,19-,20-,23+/m1/s1/i5D3,6D3. The molecular weight excluding hydrogens is 380 g/mol. The van der Waals surface area contributed by atoms with Crippen LogP contribution in [0.3, 0.4) is 0 Å². The average molecular weight is 425 g/mol. The lowest BCUT2D eigenvalue weighted by molar-refractivity contribution is -0.160. The van der Waals surface area contributed by atoms with Crippen LogP contribution in [0, 0.1) is 17.8 Å². The molecule has 4 atom stereocenters. The molecule has 0 aliphatic carbocycles. The maximum Gasteiger partial charge on any atom is 0.323 e. The lowest BCUT2D eigenvalue weighted by atomic mass is 9.79. The van der Waals surface area contributed by atoms with Gasteiger partial charge in [-0.2, -0.15) is 0 Å². The van der Waals surface area contributed by atoms with Crippen molar-refractivity contribution in [2.75, 3.05) is 27.2 Å². The van der Waals surface area contributed by atoms with Crippen LogP contribution in [0.2, 0.25) is 0 Å². The Morgan fingerprint density at radius 1 is 1.23 bits per heavy atom. The maximum absolute atomic E-state index is 12.8. The van der Waals surface area contributed by atoms with Crippen molar-refractivity contribution >= 4 is 5.97 Å². The van der Waals surface area contributed by atoms with Crippen LogP contribution in [0.15, 0.2) is 12.1 Å². The van der Waals surface area contributed by atoms with E-state index < -0.39 is 26.1 Å². The predicted octanol–water partition coefficient (Wildman–Crippen LogP) is 3.56. The van der Waals surface area contributed by atoms with Crippen LogP contribution in [0.4, 0.5) is 0 Å². The molecule has 30 heavy (non-hydrogen) atoms. The second-order valence-corrected chi connectivity index (χ2v) is 9.33. The summed E-state index contributed by atoms with van der Waals surface area (Å²) in [6.07, 6.45) is 1.72. The number of rotatable bonds is 7. The average Bonchev–Trinajstić information content (AvgIpc) is 2.71. The zero-order valence-corrected chi connectivity index (χ0v) is 18.3. The van der Waals surface area contributed by atoms with E-state index in [9.17, 15) is 4.79 Å². The highest BCUT2D eigenvalue weighted by molar-refractivity contribution is 5.76. The monoisotopic (exact) mass is 424 g/mol. The van der Waals surface area contributed by atoms with E-state index in [1.807, 2.05) is 13.8 Å². The lowest BCUT2D eigenvalue weighted by Crippen LogP contribution is -2.51. The number of ether oxygens (including phenoxy) is 3. The highest BCUT2D eigenvalue weighted by Gasteiger charge is 2.41. The first-order valence-corrected chi connectivity index (χ1v) is 10.8. The summed E-state index contributed by atoms with van der Waals surface area (Å²) in [5.74, 6) is -0.178. The predicted molar refractivity (Wildman–Crippen MR) is 118 cm³/mol. The number of nitrogens with zero attached hydrogens (tertiary/aromatic N) is 1. The highest BCUT2D eigenvalue weighted by atomic mass is 16.5. The minimum Gasteiger partial charge on any atom is -0.493 e. The number of carbonyl (C=O) groups excluding carboxylic acids is 1. The van der Waals surface area contributed by atoms with Gasteiger partial charge in [0.1, 0.15) is 12.1 Å². The van der Waals surface area contributed by atoms with Gasteiger partial charge in [-0.25, -0.2) is 0 Å². The molecule has 2 N–H and O–H groups in total. The van der Waals surface area contributed by atoms with Crippen LogP contribution in [-0.2, 0) is 16.0 Å². The van der Waals surface area contributed by atoms with Gasteiger partial charge in [0.25, 0.3) is 0 Å². The fourth-order valence-corrected chi connectivity index (χ4v) is 4.72. The Morgan fingerprint density at radius 2 is 1.93 bits per heavy atom. The summed E-state index contributed by atoms with van der Waals surface area (Å²) in [4.78, 5) is 15.1. The van der Waals surface area contributed by atoms with Crippen LogP contribution in [-0.4, -0.2) is 50.2 Å². The Balaban J connectivity index is 1.96. The Bertz CT molecular complexity index is 934. The molecule has 3 rings (SSSR count). The Hall–Kier alpha value is -1.79. The summed E-state index contributed by atoms with van der Waals surface area (Å²) < 4.78 is 61.2. The van der Waals surface area contributed by atoms with E-state index in [1.54, 1.807) is 12.1 Å². The number of fused-ring (bicyclic) bond motifs is 3. The molecule has 1 saturated heterocycles. The lowest BCUT2D eigenvalue weighted by Gasteiger charge is -2.47. The summed E-state index contributed by atoms with van der Waals surface area (Å²) in [5.41, 5.74) is 7.75. The van der Waals surface area contributed by atoms with Crippen molar-refractivity contribution in [2.45, 2.75) is 65.1 Å². The van der Waals surface area contributed by atoms with Gasteiger partial charge < -0.3 is 19.9 Å². The van der Waals surface area contributed by atoms with E-state index in [4.69, 9.17) is 28.2 Å². The number of methoxy groups -OCH3 is 2. The summed E-state index contributed by atoms with van der Waals surface area (Å²) in [6, 6.07) is 2.28. The van der Waals surface area contributed by atoms with Crippen LogP contribution < -0.4 is 15.2 Å². The molecule has 0 aromatic heterocycles. The molecule has 1 fully saturated rings. The molecule has 1 aromatic carbocycles. The molecule has 0 radical (unpaired) electrons. The van der Waals surface area contributed by atoms with Crippen molar-refractivity contribution in [3.8, 4) is 11.5 Å². The van der Waals surface area contributed by atoms with Gasteiger partial charge in [-0.05, 0) is 47.9 Å². The van der Waals surface area contributed by atoms with Gasteiger partial charge in [0.15, 0.2) is 11.5 Å². The molecule has 0 unspecified atom stereocenters. The SMILES string of the molecule is [2H]C([2H])([2H])Oc1cc2c(cc1OC([2H])([2H])[2H])[C@H]1C[C@@H](OC(=O)[C@@H](N)C(C)C)[C@H](CC(C)C)CN1CC2. The molecule has 0 amide bonds. The van der Waals surface area contributed by atoms with Gasteiger partial charge in [0.2, 0.25) is 0 Å². The van der Waals surface area contributed by atoms with E-state index >= 15 is 0 Å². The Morgan fingerprint density at radius 3 is 2.57 bits per heavy atom. The van der Waals surface area contributed by atoms with Crippen LogP contribution in [0.25, 0.3) is 0 Å². The molecule has 2 heterocycles. The number of piperidine rings is 1. The van der Waals surface area contributed by atoms with E-state index in [2.05, 4.69) is 18.7 Å².